The fourth-order valence-electron chi connectivity index (χ4n) is 1.80. The van der Waals surface area contributed by atoms with Gasteiger partial charge in [-0.05, 0) is 0 Å². The molecule has 6 nitrogen and oxygen atoms in total. The lowest BCUT2D eigenvalue weighted by Crippen LogP contribution is -2.47. The third kappa shape index (κ3) is 2.46. The molecule has 0 spiro atoms. The van der Waals surface area contributed by atoms with Crippen LogP contribution in [-0.4, -0.2) is 53.9 Å². The average molecular weight is 221 g/mol. The van der Waals surface area contributed by atoms with Crippen molar-refractivity contribution in [2.45, 2.75) is 0 Å². The minimum atomic E-state index is 0.486. The van der Waals surface area contributed by atoms with Crippen molar-refractivity contribution in [3.8, 4) is 0 Å². The molecule has 2 N–H and O–H groups in total. The number of hydrogen-bond donors (Lipinski definition) is 1. The zero-order chi connectivity index (χ0) is 11.4. The van der Waals surface area contributed by atoms with E-state index in [0.29, 0.717) is 12.4 Å². The Morgan fingerprint density at radius 3 is 2.69 bits per heavy atom. The Hall–Kier alpha value is -1.69. The summed E-state index contributed by atoms with van der Waals surface area (Å²) in [6.45, 7) is 4.00. The molecule has 1 aromatic heterocycles. The van der Waals surface area contributed by atoms with E-state index in [0.717, 1.165) is 38.3 Å². The fourth-order valence-corrected chi connectivity index (χ4v) is 1.80. The maximum atomic E-state index is 10.4. The molecule has 1 saturated heterocycles. The summed E-state index contributed by atoms with van der Waals surface area (Å²) >= 11 is 0. The molecular weight excluding hydrogens is 206 g/mol. The number of nitrogens with zero attached hydrogens (tertiary/aromatic N) is 4. The van der Waals surface area contributed by atoms with Crippen molar-refractivity contribution >= 4 is 17.9 Å². The van der Waals surface area contributed by atoms with Crippen LogP contribution in [0.2, 0.25) is 0 Å². The van der Waals surface area contributed by atoms with E-state index in [1.54, 1.807) is 6.07 Å². The number of hydrogen-bond acceptors (Lipinski definition) is 6. The molecule has 1 fully saturated rings. The Bertz CT molecular complexity index is 362. The minimum Gasteiger partial charge on any atom is -0.384 e. The second kappa shape index (κ2) is 4.89. The number of rotatable bonds is 3. The van der Waals surface area contributed by atoms with E-state index in [-0.39, 0.29) is 0 Å². The lowest BCUT2D eigenvalue weighted by Gasteiger charge is -2.34. The van der Waals surface area contributed by atoms with E-state index in [9.17, 15) is 4.79 Å². The molecule has 0 aromatic carbocycles. The van der Waals surface area contributed by atoms with Gasteiger partial charge in [0, 0.05) is 32.2 Å². The van der Waals surface area contributed by atoms with Crippen LogP contribution in [0.15, 0.2) is 12.4 Å². The molecule has 2 rings (SSSR count). The number of aldehydes is 1. The lowest BCUT2D eigenvalue weighted by atomic mass is 10.3. The van der Waals surface area contributed by atoms with Gasteiger partial charge in [-0.3, -0.25) is 4.90 Å². The summed E-state index contributed by atoms with van der Waals surface area (Å²) in [4.78, 5) is 22.7. The number of carbonyl (C=O) groups is 1. The summed E-state index contributed by atoms with van der Waals surface area (Å²) < 4.78 is 0. The van der Waals surface area contributed by atoms with Crippen LogP contribution in [0.3, 0.4) is 0 Å². The van der Waals surface area contributed by atoms with Crippen molar-refractivity contribution in [1.82, 2.24) is 14.9 Å². The highest BCUT2D eigenvalue weighted by Crippen LogP contribution is 2.14. The Labute approximate surface area is 94.1 Å². The second-order valence-corrected chi connectivity index (χ2v) is 3.76. The van der Waals surface area contributed by atoms with Gasteiger partial charge in [-0.25, -0.2) is 9.97 Å². The molecule has 1 aliphatic rings. The number of piperazine rings is 1. The number of anilines is 2. The molecule has 0 saturated carbocycles. The van der Waals surface area contributed by atoms with Gasteiger partial charge in [0.25, 0.3) is 0 Å². The monoisotopic (exact) mass is 221 g/mol. The highest BCUT2D eigenvalue weighted by Gasteiger charge is 2.17. The van der Waals surface area contributed by atoms with Gasteiger partial charge in [0.2, 0.25) is 0 Å². The molecule has 6 heteroatoms. The van der Waals surface area contributed by atoms with Crippen LogP contribution in [0, 0.1) is 0 Å². The summed E-state index contributed by atoms with van der Waals surface area (Å²) in [5, 5.41) is 0. The first-order chi connectivity index (χ1) is 7.79. The number of aromatic nitrogens is 2. The summed E-state index contributed by atoms with van der Waals surface area (Å²) in [5.74, 6) is 1.35. The molecule has 1 aromatic rings. The Balaban J connectivity index is 1.96. The summed E-state index contributed by atoms with van der Waals surface area (Å²) in [7, 11) is 0. The maximum Gasteiger partial charge on any atom is 0.134 e. The molecule has 1 aliphatic heterocycles. The number of carbonyl (C=O) groups excluding carboxylic acids is 1. The molecule has 0 amide bonds. The van der Waals surface area contributed by atoms with Crippen molar-refractivity contribution in [2.75, 3.05) is 43.4 Å². The highest BCUT2D eigenvalue weighted by atomic mass is 16.1. The summed E-state index contributed by atoms with van der Waals surface area (Å²) in [5.41, 5.74) is 5.61. The van der Waals surface area contributed by atoms with Crippen LogP contribution >= 0.6 is 0 Å². The highest BCUT2D eigenvalue weighted by molar-refractivity contribution is 5.52. The van der Waals surface area contributed by atoms with Crippen molar-refractivity contribution in [1.29, 1.82) is 0 Å². The largest absolute Gasteiger partial charge is 0.384 e. The van der Waals surface area contributed by atoms with Gasteiger partial charge in [0.15, 0.2) is 0 Å². The number of nitrogens with two attached hydrogens (primary N) is 1. The zero-order valence-electron chi connectivity index (χ0n) is 9.04. The van der Waals surface area contributed by atoms with E-state index in [4.69, 9.17) is 5.73 Å². The topological polar surface area (TPSA) is 75.3 Å². The first kappa shape index (κ1) is 10.8. The Morgan fingerprint density at radius 2 is 2.06 bits per heavy atom. The van der Waals surface area contributed by atoms with E-state index < -0.39 is 0 Å². The first-order valence-electron chi connectivity index (χ1n) is 5.28. The lowest BCUT2D eigenvalue weighted by molar-refractivity contribution is -0.108. The van der Waals surface area contributed by atoms with Crippen LogP contribution in [0.1, 0.15) is 0 Å². The van der Waals surface area contributed by atoms with Crippen molar-refractivity contribution in [3.63, 3.8) is 0 Å². The van der Waals surface area contributed by atoms with Crippen LogP contribution < -0.4 is 10.6 Å². The standard InChI is InChI=1S/C10H15N5O/c11-9-7-10(13-8-12-9)15-3-1-14(2-4-15)5-6-16/h6-8H,1-5H2,(H2,11,12,13). The maximum absolute atomic E-state index is 10.4. The molecule has 0 atom stereocenters. The molecule has 2 heterocycles. The van der Waals surface area contributed by atoms with Crippen LogP contribution in [0.25, 0.3) is 0 Å². The normalized spacial score (nSPS) is 17.4. The second-order valence-electron chi connectivity index (χ2n) is 3.76. The minimum absolute atomic E-state index is 0.486. The summed E-state index contributed by atoms with van der Waals surface area (Å²) in [6.07, 6.45) is 2.42. The van der Waals surface area contributed by atoms with Gasteiger partial charge in [-0.15, -0.1) is 0 Å². The molecule has 0 bridgehead atoms. The van der Waals surface area contributed by atoms with Gasteiger partial charge >= 0.3 is 0 Å². The van der Waals surface area contributed by atoms with E-state index in [1.165, 1.54) is 6.33 Å². The van der Waals surface area contributed by atoms with E-state index in [2.05, 4.69) is 19.8 Å². The fraction of sp³-hybridized carbons (Fsp3) is 0.500. The Morgan fingerprint density at radius 1 is 1.31 bits per heavy atom. The van der Waals surface area contributed by atoms with Crippen LogP contribution in [0.4, 0.5) is 11.6 Å². The summed E-state index contributed by atoms with van der Waals surface area (Å²) in [6, 6.07) is 1.77. The first-order valence-corrected chi connectivity index (χ1v) is 5.28. The molecule has 86 valence electrons. The van der Waals surface area contributed by atoms with Crippen molar-refractivity contribution in [3.05, 3.63) is 12.4 Å². The van der Waals surface area contributed by atoms with Gasteiger partial charge < -0.3 is 15.4 Å². The number of nitrogen functional groups attached to an aromatic ring is 1. The van der Waals surface area contributed by atoms with Gasteiger partial charge in [0.1, 0.15) is 24.2 Å². The molecule has 0 radical (unpaired) electrons. The third-order valence-electron chi connectivity index (χ3n) is 2.70. The molecule has 0 unspecified atom stereocenters. The predicted molar refractivity (Wildman–Crippen MR) is 61.2 cm³/mol. The third-order valence-corrected chi connectivity index (χ3v) is 2.70. The van der Waals surface area contributed by atoms with E-state index in [1.807, 2.05) is 0 Å². The van der Waals surface area contributed by atoms with Gasteiger partial charge in [-0.1, -0.05) is 0 Å². The Kier molecular flexibility index (Phi) is 3.31. The molecular formula is C10H15N5O. The van der Waals surface area contributed by atoms with Crippen molar-refractivity contribution in [2.24, 2.45) is 0 Å². The molecule has 0 aliphatic carbocycles. The van der Waals surface area contributed by atoms with Crippen LogP contribution in [0.5, 0.6) is 0 Å². The zero-order valence-corrected chi connectivity index (χ0v) is 9.04. The molecule has 16 heavy (non-hydrogen) atoms. The van der Waals surface area contributed by atoms with Crippen LogP contribution in [-0.2, 0) is 4.79 Å². The predicted octanol–water partition coefficient (Wildman–Crippen LogP) is -0.620. The van der Waals surface area contributed by atoms with Gasteiger partial charge in [-0.2, -0.15) is 0 Å². The average Bonchev–Trinajstić information content (AvgIpc) is 2.30. The smallest absolute Gasteiger partial charge is 0.134 e. The van der Waals surface area contributed by atoms with Gasteiger partial charge in [0.05, 0.1) is 6.54 Å². The SMILES string of the molecule is Nc1cc(N2CCN(CC=O)CC2)ncn1. The quantitative estimate of drug-likeness (QED) is 0.686. The van der Waals surface area contributed by atoms with E-state index >= 15 is 0 Å². The van der Waals surface area contributed by atoms with Crippen molar-refractivity contribution < 1.29 is 4.79 Å².